The predicted octanol–water partition coefficient (Wildman–Crippen LogP) is 3.98. The number of carbonyl (C=O) groups is 1. The molecule has 0 unspecified atom stereocenters. The fourth-order valence-electron chi connectivity index (χ4n) is 1.47. The van der Waals surface area contributed by atoms with Crippen LogP contribution in [0.15, 0.2) is 41.0 Å². The summed E-state index contributed by atoms with van der Waals surface area (Å²) in [6, 6.07) is 9.14. The summed E-state index contributed by atoms with van der Waals surface area (Å²) < 4.78 is 6.80. The van der Waals surface area contributed by atoms with E-state index in [4.69, 9.17) is 0 Å². The van der Waals surface area contributed by atoms with Crippen LogP contribution in [0.2, 0.25) is 0 Å². The lowest BCUT2D eigenvalue weighted by Gasteiger charge is -2.08. The Labute approximate surface area is 132 Å². The number of anilines is 2. The highest BCUT2D eigenvalue weighted by molar-refractivity contribution is 14.1. The fourth-order valence-corrected chi connectivity index (χ4v) is 2.18. The van der Waals surface area contributed by atoms with E-state index in [2.05, 4.69) is 53.6 Å². The molecule has 1 aromatic heterocycles. The number of aromatic nitrogens is 1. The van der Waals surface area contributed by atoms with Gasteiger partial charge in [0.15, 0.2) is 0 Å². The number of halogens is 2. The number of hydrogen-bond acceptors (Lipinski definition) is 4. The minimum absolute atomic E-state index is 0.380. The second-order valence-electron chi connectivity index (χ2n) is 3.68. The average molecular weight is 433 g/mol. The molecule has 2 rings (SSSR count). The minimum atomic E-state index is -0.380. The number of esters is 1. The number of hydrogen-bond donors (Lipinski definition) is 1. The Kier molecular flexibility index (Phi) is 4.76. The maximum Gasteiger partial charge on any atom is 0.338 e. The zero-order valence-corrected chi connectivity index (χ0v) is 13.7. The maximum absolute atomic E-state index is 11.4. The van der Waals surface area contributed by atoms with Crippen molar-refractivity contribution in [2.45, 2.75) is 0 Å². The van der Waals surface area contributed by atoms with Crippen LogP contribution in [-0.2, 0) is 4.74 Å². The molecule has 0 spiro atoms. The molecule has 0 amide bonds. The van der Waals surface area contributed by atoms with Crippen LogP contribution >= 0.6 is 38.5 Å². The third-order valence-electron chi connectivity index (χ3n) is 2.37. The van der Waals surface area contributed by atoms with Crippen molar-refractivity contribution in [3.8, 4) is 0 Å². The van der Waals surface area contributed by atoms with Crippen LogP contribution in [0.5, 0.6) is 0 Å². The largest absolute Gasteiger partial charge is 0.465 e. The first-order chi connectivity index (χ1) is 9.10. The molecule has 0 bridgehead atoms. The minimum Gasteiger partial charge on any atom is -0.465 e. The lowest BCUT2D eigenvalue weighted by atomic mass is 10.2. The van der Waals surface area contributed by atoms with Crippen molar-refractivity contribution < 1.29 is 9.53 Å². The SMILES string of the molecule is COC(=O)c1ccnc(Nc2ccc(I)c(Br)c2)c1. The number of benzene rings is 1. The van der Waals surface area contributed by atoms with Crippen LogP contribution in [0.25, 0.3) is 0 Å². The summed E-state index contributed by atoms with van der Waals surface area (Å²) in [5.74, 6) is 0.213. The summed E-state index contributed by atoms with van der Waals surface area (Å²) in [5.41, 5.74) is 1.35. The van der Waals surface area contributed by atoms with Crippen molar-refractivity contribution in [2.24, 2.45) is 0 Å². The lowest BCUT2D eigenvalue weighted by molar-refractivity contribution is 0.0600. The van der Waals surface area contributed by atoms with Gasteiger partial charge in [0.2, 0.25) is 0 Å². The first kappa shape index (κ1) is 14.3. The van der Waals surface area contributed by atoms with Gasteiger partial charge in [0.1, 0.15) is 5.82 Å². The molecule has 1 N–H and O–H groups in total. The van der Waals surface area contributed by atoms with Crippen molar-refractivity contribution >= 4 is 56.0 Å². The number of nitrogens with zero attached hydrogens (tertiary/aromatic N) is 1. The molecule has 0 radical (unpaired) electrons. The molecule has 0 fully saturated rings. The Morgan fingerprint density at radius 3 is 2.84 bits per heavy atom. The molecule has 4 nitrogen and oxygen atoms in total. The van der Waals surface area contributed by atoms with Gasteiger partial charge in [-0.2, -0.15) is 0 Å². The zero-order chi connectivity index (χ0) is 13.8. The number of carbonyl (C=O) groups excluding carboxylic acids is 1. The highest BCUT2D eigenvalue weighted by Gasteiger charge is 2.07. The van der Waals surface area contributed by atoms with Gasteiger partial charge in [-0.1, -0.05) is 0 Å². The normalized spacial score (nSPS) is 10.1. The molecule has 0 saturated carbocycles. The van der Waals surface area contributed by atoms with Crippen LogP contribution in [0.4, 0.5) is 11.5 Å². The van der Waals surface area contributed by atoms with Crippen molar-refractivity contribution in [1.29, 1.82) is 0 Å². The summed E-state index contributed by atoms with van der Waals surface area (Å²) in [6.45, 7) is 0. The molecule has 6 heteroatoms. The molecule has 1 heterocycles. The van der Waals surface area contributed by atoms with Crippen molar-refractivity contribution in [2.75, 3.05) is 12.4 Å². The Morgan fingerprint density at radius 2 is 2.16 bits per heavy atom. The van der Waals surface area contributed by atoms with E-state index in [1.54, 1.807) is 18.3 Å². The Hall–Kier alpha value is -1.15. The number of methoxy groups -OCH3 is 1. The molecule has 98 valence electrons. The van der Waals surface area contributed by atoms with Crippen LogP contribution < -0.4 is 5.32 Å². The fraction of sp³-hybridized carbons (Fsp3) is 0.0769. The van der Waals surface area contributed by atoms with E-state index in [1.165, 1.54) is 7.11 Å². The summed E-state index contributed by atoms with van der Waals surface area (Å²) in [7, 11) is 1.35. The number of pyridine rings is 1. The molecule has 0 saturated heterocycles. The predicted molar refractivity (Wildman–Crippen MR) is 85.7 cm³/mol. The van der Waals surface area contributed by atoms with E-state index in [1.807, 2.05) is 18.2 Å². The summed E-state index contributed by atoms with van der Waals surface area (Å²) in [5, 5.41) is 3.14. The molecule has 19 heavy (non-hydrogen) atoms. The van der Waals surface area contributed by atoms with Crippen molar-refractivity contribution in [1.82, 2.24) is 4.98 Å². The summed E-state index contributed by atoms with van der Waals surface area (Å²) in [4.78, 5) is 15.6. The highest BCUT2D eigenvalue weighted by Crippen LogP contribution is 2.24. The van der Waals surface area contributed by atoms with E-state index in [-0.39, 0.29) is 5.97 Å². The standard InChI is InChI=1S/C13H10BrIN2O2/c1-19-13(18)8-4-5-16-12(6-8)17-9-2-3-11(15)10(14)7-9/h2-7H,1H3,(H,16,17). The summed E-state index contributed by atoms with van der Waals surface area (Å²) >= 11 is 5.71. The lowest BCUT2D eigenvalue weighted by Crippen LogP contribution is -2.03. The second-order valence-corrected chi connectivity index (χ2v) is 5.69. The van der Waals surface area contributed by atoms with Gasteiger partial charge in [-0.05, 0) is 68.9 Å². The molecule has 0 aliphatic carbocycles. The topological polar surface area (TPSA) is 51.2 Å². The van der Waals surface area contributed by atoms with E-state index in [0.29, 0.717) is 11.4 Å². The van der Waals surface area contributed by atoms with E-state index in [9.17, 15) is 4.79 Å². The molecular weight excluding hydrogens is 423 g/mol. The summed E-state index contributed by atoms with van der Waals surface area (Å²) in [6.07, 6.45) is 1.57. The first-order valence-electron chi connectivity index (χ1n) is 5.36. The Morgan fingerprint density at radius 1 is 1.37 bits per heavy atom. The van der Waals surface area contributed by atoms with E-state index < -0.39 is 0 Å². The van der Waals surface area contributed by atoms with Crippen LogP contribution in [0.1, 0.15) is 10.4 Å². The molecule has 0 aliphatic rings. The third kappa shape index (κ3) is 3.66. The van der Waals surface area contributed by atoms with Gasteiger partial charge in [-0.3, -0.25) is 0 Å². The van der Waals surface area contributed by atoms with Gasteiger partial charge in [0.05, 0.1) is 12.7 Å². The number of ether oxygens (including phenoxy) is 1. The molecule has 2 aromatic rings. The highest BCUT2D eigenvalue weighted by atomic mass is 127. The van der Waals surface area contributed by atoms with Crippen LogP contribution in [0, 0.1) is 3.57 Å². The zero-order valence-electron chi connectivity index (χ0n) is 9.98. The van der Waals surface area contributed by atoms with Gasteiger partial charge in [0.25, 0.3) is 0 Å². The van der Waals surface area contributed by atoms with Gasteiger partial charge >= 0.3 is 5.97 Å². The average Bonchev–Trinajstić information content (AvgIpc) is 2.42. The first-order valence-corrected chi connectivity index (χ1v) is 7.24. The third-order valence-corrected chi connectivity index (χ3v) is 4.71. The van der Waals surface area contributed by atoms with Crippen LogP contribution in [-0.4, -0.2) is 18.1 Å². The monoisotopic (exact) mass is 432 g/mol. The molecule has 0 aliphatic heterocycles. The van der Waals surface area contributed by atoms with E-state index >= 15 is 0 Å². The van der Waals surface area contributed by atoms with E-state index in [0.717, 1.165) is 13.7 Å². The smallest absolute Gasteiger partial charge is 0.338 e. The number of nitrogens with one attached hydrogen (secondary N) is 1. The van der Waals surface area contributed by atoms with Crippen LogP contribution in [0.3, 0.4) is 0 Å². The quantitative estimate of drug-likeness (QED) is 0.588. The molecule has 1 aromatic carbocycles. The van der Waals surface area contributed by atoms with Crippen molar-refractivity contribution in [3.63, 3.8) is 0 Å². The molecular formula is C13H10BrIN2O2. The maximum atomic E-state index is 11.4. The molecule has 0 atom stereocenters. The van der Waals surface area contributed by atoms with Gasteiger partial charge in [-0.25, -0.2) is 9.78 Å². The Balaban J connectivity index is 2.23. The van der Waals surface area contributed by atoms with Gasteiger partial charge < -0.3 is 10.1 Å². The van der Waals surface area contributed by atoms with Crippen molar-refractivity contribution in [3.05, 3.63) is 50.1 Å². The van der Waals surface area contributed by atoms with Gasteiger partial charge in [0, 0.05) is 19.9 Å². The number of rotatable bonds is 3. The second kappa shape index (κ2) is 6.33. The Bertz CT molecular complexity index is 619. The van der Waals surface area contributed by atoms with Gasteiger partial charge in [-0.15, -0.1) is 0 Å².